The quantitative estimate of drug-likeness (QED) is 0.881. The van der Waals surface area contributed by atoms with Crippen molar-refractivity contribution < 1.29 is 8.42 Å². The lowest BCUT2D eigenvalue weighted by atomic mass is 10.3. The van der Waals surface area contributed by atoms with E-state index in [9.17, 15) is 8.42 Å². The van der Waals surface area contributed by atoms with E-state index in [1.165, 1.54) is 0 Å². The number of sulfone groups is 1. The van der Waals surface area contributed by atoms with Crippen LogP contribution >= 0.6 is 0 Å². The van der Waals surface area contributed by atoms with Gasteiger partial charge in [0.25, 0.3) is 0 Å². The van der Waals surface area contributed by atoms with Gasteiger partial charge in [-0.1, -0.05) is 6.92 Å². The summed E-state index contributed by atoms with van der Waals surface area (Å²) in [6.07, 6.45) is 1.73. The van der Waals surface area contributed by atoms with Crippen LogP contribution in [0, 0.1) is 6.92 Å². The van der Waals surface area contributed by atoms with E-state index < -0.39 is 9.84 Å². The van der Waals surface area contributed by atoms with Crippen LogP contribution in [-0.2, 0) is 16.4 Å². The third-order valence-corrected chi connectivity index (χ3v) is 5.19. The molecule has 1 saturated heterocycles. The van der Waals surface area contributed by atoms with Gasteiger partial charge >= 0.3 is 0 Å². The number of aromatic nitrogens is 2. The molecule has 0 amide bonds. The average Bonchev–Trinajstić information content (AvgIpc) is 2.57. The van der Waals surface area contributed by atoms with Crippen LogP contribution in [-0.4, -0.2) is 54.4 Å². The number of nitrogens with zero attached hydrogens (tertiary/aromatic N) is 3. The van der Waals surface area contributed by atoms with Gasteiger partial charge in [-0.3, -0.25) is 4.90 Å². The Morgan fingerprint density at radius 1 is 1.29 bits per heavy atom. The second-order valence-corrected chi connectivity index (χ2v) is 7.82. The van der Waals surface area contributed by atoms with Crippen molar-refractivity contribution in [1.29, 1.82) is 0 Å². The minimum absolute atomic E-state index is 0.236. The molecule has 7 heteroatoms. The van der Waals surface area contributed by atoms with Crippen LogP contribution in [0.2, 0.25) is 0 Å². The fraction of sp³-hybridized carbons (Fsp3) is 0.714. The molecular formula is C14H24N4O2S. The first-order valence-electron chi connectivity index (χ1n) is 7.50. The molecule has 0 spiro atoms. The third-order valence-electron chi connectivity index (χ3n) is 3.47. The number of aryl methyl sites for hydroxylation is 1. The molecule has 1 aliphatic heterocycles. The molecule has 118 valence electrons. The van der Waals surface area contributed by atoms with E-state index in [-0.39, 0.29) is 5.75 Å². The van der Waals surface area contributed by atoms with Crippen LogP contribution in [0.25, 0.3) is 0 Å². The fourth-order valence-electron chi connectivity index (χ4n) is 2.39. The number of nitrogens with one attached hydrogen (secondary N) is 1. The Bertz CT molecular complexity index is 574. The van der Waals surface area contributed by atoms with Crippen molar-refractivity contribution >= 4 is 15.7 Å². The second-order valence-electron chi connectivity index (χ2n) is 5.52. The standard InChI is InChI=1S/C14H24N4O2S/c1-3-5-15-13-10-12(2)16-14(17-13)11-18-6-4-8-21(19,20)9-7-18/h10H,3-9,11H2,1-2H3,(H,15,16,17). The Labute approximate surface area is 126 Å². The summed E-state index contributed by atoms with van der Waals surface area (Å²) < 4.78 is 23.3. The maximum Gasteiger partial charge on any atom is 0.151 e. The number of hydrogen-bond donors (Lipinski definition) is 1. The maximum absolute atomic E-state index is 11.6. The molecule has 2 heterocycles. The van der Waals surface area contributed by atoms with E-state index in [1.807, 2.05) is 13.0 Å². The van der Waals surface area contributed by atoms with E-state index in [2.05, 4.69) is 27.1 Å². The normalized spacial score (nSPS) is 19.1. The molecule has 0 radical (unpaired) electrons. The van der Waals surface area contributed by atoms with Crippen LogP contribution in [0.3, 0.4) is 0 Å². The molecule has 0 aromatic carbocycles. The first-order valence-corrected chi connectivity index (χ1v) is 9.32. The van der Waals surface area contributed by atoms with E-state index in [0.717, 1.165) is 36.8 Å². The zero-order chi connectivity index (χ0) is 15.3. The molecule has 6 nitrogen and oxygen atoms in total. The highest BCUT2D eigenvalue weighted by atomic mass is 32.2. The molecule has 0 unspecified atom stereocenters. The first kappa shape index (κ1) is 16.2. The average molecular weight is 312 g/mol. The molecule has 1 aromatic rings. The molecule has 2 rings (SSSR count). The Balaban J connectivity index is 2.03. The summed E-state index contributed by atoms with van der Waals surface area (Å²) >= 11 is 0. The predicted molar refractivity (Wildman–Crippen MR) is 84.1 cm³/mol. The van der Waals surface area contributed by atoms with Gasteiger partial charge in [-0.15, -0.1) is 0 Å². The summed E-state index contributed by atoms with van der Waals surface area (Å²) in [6.45, 7) is 6.91. The molecule has 1 aliphatic rings. The van der Waals surface area contributed by atoms with Crippen molar-refractivity contribution in [2.45, 2.75) is 33.2 Å². The number of rotatable bonds is 5. The minimum atomic E-state index is -2.87. The zero-order valence-electron chi connectivity index (χ0n) is 12.8. The summed E-state index contributed by atoms with van der Waals surface area (Å²) in [5, 5.41) is 3.27. The van der Waals surface area contributed by atoms with Crippen molar-refractivity contribution in [1.82, 2.24) is 14.9 Å². The topological polar surface area (TPSA) is 75.2 Å². The van der Waals surface area contributed by atoms with Gasteiger partial charge < -0.3 is 5.32 Å². The van der Waals surface area contributed by atoms with Gasteiger partial charge in [0.15, 0.2) is 9.84 Å². The van der Waals surface area contributed by atoms with E-state index in [4.69, 9.17) is 0 Å². The van der Waals surface area contributed by atoms with Gasteiger partial charge in [0, 0.05) is 24.8 Å². The SMILES string of the molecule is CCCNc1cc(C)nc(CN2CCCS(=O)(=O)CC2)n1. The second kappa shape index (κ2) is 7.17. The molecule has 1 aromatic heterocycles. The fourth-order valence-corrected chi connectivity index (χ4v) is 3.70. The maximum atomic E-state index is 11.6. The summed E-state index contributed by atoms with van der Waals surface area (Å²) in [6, 6.07) is 1.94. The van der Waals surface area contributed by atoms with Crippen LogP contribution in [0.5, 0.6) is 0 Å². The largest absolute Gasteiger partial charge is 0.370 e. The van der Waals surface area contributed by atoms with E-state index >= 15 is 0 Å². The molecule has 21 heavy (non-hydrogen) atoms. The van der Waals surface area contributed by atoms with Crippen molar-refractivity contribution in [3.63, 3.8) is 0 Å². The predicted octanol–water partition coefficient (Wildman–Crippen LogP) is 1.23. The molecule has 0 saturated carbocycles. The Kier molecular flexibility index (Phi) is 5.52. The third kappa shape index (κ3) is 5.24. The van der Waals surface area contributed by atoms with Crippen LogP contribution in [0.15, 0.2) is 6.07 Å². The molecule has 1 N–H and O–H groups in total. The lowest BCUT2D eigenvalue weighted by Gasteiger charge is -2.18. The molecule has 0 aliphatic carbocycles. The Hall–Kier alpha value is -1.21. The van der Waals surface area contributed by atoms with Crippen molar-refractivity contribution in [2.75, 3.05) is 36.5 Å². The molecule has 1 fully saturated rings. The van der Waals surface area contributed by atoms with Crippen LogP contribution in [0.4, 0.5) is 5.82 Å². The van der Waals surface area contributed by atoms with Gasteiger partial charge in [0.05, 0.1) is 18.1 Å². The number of hydrogen-bond acceptors (Lipinski definition) is 6. The van der Waals surface area contributed by atoms with E-state index in [1.54, 1.807) is 0 Å². The van der Waals surface area contributed by atoms with Crippen LogP contribution < -0.4 is 5.32 Å². The Morgan fingerprint density at radius 2 is 2.10 bits per heavy atom. The molecule has 0 bridgehead atoms. The summed E-state index contributed by atoms with van der Waals surface area (Å²) in [5.74, 6) is 2.14. The monoisotopic (exact) mass is 312 g/mol. The lowest BCUT2D eigenvalue weighted by Crippen LogP contribution is -2.27. The Morgan fingerprint density at radius 3 is 2.86 bits per heavy atom. The number of anilines is 1. The first-order chi connectivity index (χ1) is 9.98. The van der Waals surface area contributed by atoms with Gasteiger partial charge in [-0.25, -0.2) is 18.4 Å². The van der Waals surface area contributed by atoms with Gasteiger partial charge in [0.1, 0.15) is 11.6 Å². The zero-order valence-corrected chi connectivity index (χ0v) is 13.6. The smallest absolute Gasteiger partial charge is 0.151 e. The van der Waals surface area contributed by atoms with Crippen molar-refractivity contribution in [3.05, 3.63) is 17.6 Å². The van der Waals surface area contributed by atoms with Crippen molar-refractivity contribution in [2.24, 2.45) is 0 Å². The van der Waals surface area contributed by atoms with Crippen LogP contribution in [0.1, 0.15) is 31.3 Å². The summed E-state index contributed by atoms with van der Waals surface area (Å²) in [5.41, 5.74) is 0.932. The highest BCUT2D eigenvalue weighted by Crippen LogP contribution is 2.11. The van der Waals surface area contributed by atoms with Gasteiger partial charge in [0.2, 0.25) is 0 Å². The lowest BCUT2D eigenvalue weighted by molar-refractivity contribution is 0.280. The molecule has 0 atom stereocenters. The molecular weight excluding hydrogens is 288 g/mol. The van der Waals surface area contributed by atoms with Gasteiger partial charge in [-0.05, 0) is 26.3 Å². The minimum Gasteiger partial charge on any atom is -0.370 e. The summed E-state index contributed by atoms with van der Waals surface area (Å²) in [7, 11) is -2.87. The highest BCUT2D eigenvalue weighted by Gasteiger charge is 2.19. The van der Waals surface area contributed by atoms with Gasteiger partial charge in [-0.2, -0.15) is 0 Å². The summed E-state index contributed by atoms with van der Waals surface area (Å²) in [4.78, 5) is 11.1. The van der Waals surface area contributed by atoms with E-state index in [0.29, 0.717) is 25.3 Å². The highest BCUT2D eigenvalue weighted by molar-refractivity contribution is 7.91. The van der Waals surface area contributed by atoms with Crippen molar-refractivity contribution in [3.8, 4) is 0 Å².